The molecule has 0 aliphatic heterocycles. The molecular formula is C8H18N2O2S. The van der Waals surface area contributed by atoms with Gasteiger partial charge in [0.15, 0.2) is 0 Å². The van der Waals surface area contributed by atoms with Gasteiger partial charge in [-0.1, -0.05) is 13.8 Å². The van der Waals surface area contributed by atoms with Crippen LogP contribution in [0.15, 0.2) is 0 Å². The third-order valence-corrected chi connectivity index (χ3v) is 3.87. The van der Waals surface area contributed by atoms with Gasteiger partial charge in [-0.15, -0.1) is 0 Å². The van der Waals surface area contributed by atoms with Crippen molar-refractivity contribution in [3.8, 4) is 0 Å². The molecular weight excluding hydrogens is 188 g/mol. The van der Waals surface area contributed by atoms with Gasteiger partial charge in [-0.25, -0.2) is 0 Å². The van der Waals surface area contributed by atoms with Crippen LogP contribution in [0.25, 0.3) is 0 Å². The molecule has 0 heterocycles. The van der Waals surface area contributed by atoms with E-state index in [1.54, 1.807) is 6.92 Å². The molecule has 0 aliphatic carbocycles. The van der Waals surface area contributed by atoms with E-state index < -0.39 is 22.0 Å². The summed E-state index contributed by atoms with van der Waals surface area (Å²) in [5.41, 5.74) is 10.7. The summed E-state index contributed by atoms with van der Waals surface area (Å²) in [6.45, 7) is 3.72. The van der Waals surface area contributed by atoms with Crippen LogP contribution in [0.5, 0.6) is 0 Å². The molecule has 0 saturated carbocycles. The van der Waals surface area contributed by atoms with Crippen LogP contribution in [-0.2, 0) is 15.6 Å². The highest BCUT2D eigenvalue weighted by Gasteiger charge is 2.21. The summed E-state index contributed by atoms with van der Waals surface area (Å²) in [5.74, 6) is -0.137. The Bertz CT molecular complexity index is 197. The molecule has 0 saturated heterocycles. The van der Waals surface area contributed by atoms with Gasteiger partial charge in [-0.3, -0.25) is 9.00 Å². The lowest BCUT2D eigenvalue weighted by atomic mass is 10.3. The van der Waals surface area contributed by atoms with E-state index >= 15 is 0 Å². The maximum atomic E-state index is 11.5. The fourth-order valence-electron chi connectivity index (χ4n) is 0.962. The van der Waals surface area contributed by atoms with E-state index in [2.05, 4.69) is 0 Å². The summed E-state index contributed by atoms with van der Waals surface area (Å²) in [4.78, 5) is 10.8. The van der Waals surface area contributed by atoms with Crippen molar-refractivity contribution in [3.05, 3.63) is 0 Å². The van der Waals surface area contributed by atoms with E-state index in [9.17, 15) is 9.00 Å². The number of carbonyl (C=O) groups is 1. The van der Waals surface area contributed by atoms with Crippen LogP contribution >= 0.6 is 0 Å². The smallest absolute Gasteiger partial charge is 0.233 e. The van der Waals surface area contributed by atoms with Gasteiger partial charge in [-0.05, 0) is 12.8 Å². The maximum Gasteiger partial charge on any atom is 0.233 e. The first-order valence-corrected chi connectivity index (χ1v) is 5.83. The molecule has 13 heavy (non-hydrogen) atoms. The number of hydrogen-bond donors (Lipinski definition) is 2. The standard InChI is InChI=1S/C8H18N2O2S/c1-3-6(9)5-13(12)7(4-2)8(10)11/h6-7H,3-5,9H2,1-2H3,(H2,10,11). The molecule has 4 nitrogen and oxygen atoms in total. The van der Waals surface area contributed by atoms with Crippen molar-refractivity contribution in [2.75, 3.05) is 5.75 Å². The minimum atomic E-state index is -1.22. The monoisotopic (exact) mass is 206 g/mol. The summed E-state index contributed by atoms with van der Waals surface area (Å²) in [6.07, 6.45) is 1.28. The molecule has 0 rings (SSSR count). The zero-order chi connectivity index (χ0) is 10.4. The number of primary amides is 1. The average Bonchev–Trinajstić information content (AvgIpc) is 2.04. The predicted molar refractivity (Wildman–Crippen MR) is 54.5 cm³/mol. The molecule has 0 aromatic carbocycles. The van der Waals surface area contributed by atoms with Crippen LogP contribution in [0.3, 0.4) is 0 Å². The highest BCUT2D eigenvalue weighted by molar-refractivity contribution is 7.86. The second kappa shape index (κ2) is 6.10. The molecule has 0 aliphatic rings. The van der Waals surface area contributed by atoms with Crippen molar-refractivity contribution in [1.82, 2.24) is 0 Å². The molecule has 0 radical (unpaired) electrons. The minimum Gasteiger partial charge on any atom is -0.369 e. The number of rotatable bonds is 6. The van der Waals surface area contributed by atoms with E-state index in [-0.39, 0.29) is 6.04 Å². The van der Waals surface area contributed by atoms with Gasteiger partial charge < -0.3 is 11.5 Å². The zero-order valence-corrected chi connectivity index (χ0v) is 8.97. The molecule has 4 N–H and O–H groups in total. The van der Waals surface area contributed by atoms with E-state index in [1.165, 1.54) is 0 Å². The van der Waals surface area contributed by atoms with Gasteiger partial charge in [-0.2, -0.15) is 0 Å². The van der Waals surface area contributed by atoms with Crippen LogP contribution in [0, 0.1) is 0 Å². The molecule has 1 amide bonds. The third-order valence-electron chi connectivity index (χ3n) is 1.91. The molecule has 0 aromatic heterocycles. The number of carbonyl (C=O) groups excluding carboxylic acids is 1. The Morgan fingerprint density at radius 3 is 2.23 bits per heavy atom. The van der Waals surface area contributed by atoms with Crippen LogP contribution < -0.4 is 11.5 Å². The van der Waals surface area contributed by atoms with Crippen molar-refractivity contribution in [2.24, 2.45) is 11.5 Å². The van der Waals surface area contributed by atoms with Crippen LogP contribution in [-0.4, -0.2) is 27.2 Å². The van der Waals surface area contributed by atoms with Gasteiger partial charge >= 0.3 is 0 Å². The quantitative estimate of drug-likeness (QED) is 0.627. The Hall–Kier alpha value is -0.420. The van der Waals surface area contributed by atoms with E-state index in [4.69, 9.17) is 11.5 Å². The molecule has 3 atom stereocenters. The SMILES string of the molecule is CCC(N)CS(=O)C(CC)C(N)=O. The first kappa shape index (κ1) is 12.6. The molecule has 78 valence electrons. The average molecular weight is 206 g/mol. The lowest BCUT2D eigenvalue weighted by Gasteiger charge is -2.13. The van der Waals surface area contributed by atoms with Crippen molar-refractivity contribution in [3.63, 3.8) is 0 Å². The molecule has 0 fully saturated rings. The van der Waals surface area contributed by atoms with Crippen molar-refractivity contribution in [1.29, 1.82) is 0 Å². The largest absolute Gasteiger partial charge is 0.369 e. The summed E-state index contributed by atoms with van der Waals surface area (Å²) >= 11 is 0. The summed E-state index contributed by atoms with van der Waals surface area (Å²) in [5, 5.41) is -0.544. The fraction of sp³-hybridized carbons (Fsp3) is 0.875. The first-order chi connectivity index (χ1) is 6.02. The Labute approximate surface area is 81.5 Å². The highest BCUT2D eigenvalue weighted by atomic mass is 32.2. The lowest BCUT2D eigenvalue weighted by molar-refractivity contribution is -0.117. The molecule has 0 aromatic rings. The van der Waals surface area contributed by atoms with Gasteiger partial charge in [0.25, 0.3) is 0 Å². The van der Waals surface area contributed by atoms with Crippen LogP contribution in [0.4, 0.5) is 0 Å². The van der Waals surface area contributed by atoms with Crippen molar-refractivity contribution in [2.45, 2.75) is 38.0 Å². The topological polar surface area (TPSA) is 86.2 Å². The first-order valence-electron chi connectivity index (χ1n) is 4.44. The predicted octanol–water partition coefficient (Wildman–Crippen LogP) is -0.264. The number of amides is 1. The van der Waals surface area contributed by atoms with Gasteiger partial charge in [0.05, 0.1) is 0 Å². The lowest BCUT2D eigenvalue weighted by Crippen LogP contribution is -2.37. The number of hydrogen-bond acceptors (Lipinski definition) is 3. The van der Waals surface area contributed by atoms with E-state index in [0.29, 0.717) is 12.2 Å². The highest BCUT2D eigenvalue weighted by Crippen LogP contribution is 2.03. The molecule has 5 heteroatoms. The molecule has 0 spiro atoms. The second-order valence-electron chi connectivity index (χ2n) is 3.01. The number of nitrogens with two attached hydrogens (primary N) is 2. The minimum absolute atomic E-state index is 0.103. The summed E-state index contributed by atoms with van der Waals surface area (Å²) < 4.78 is 11.5. The third kappa shape index (κ3) is 4.38. The Kier molecular flexibility index (Phi) is 5.90. The second-order valence-corrected chi connectivity index (χ2v) is 4.68. The Morgan fingerprint density at radius 1 is 1.38 bits per heavy atom. The van der Waals surface area contributed by atoms with E-state index in [0.717, 1.165) is 6.42 Å². The Morgan fingerprint density at radius 2 is 1.92 bits per heavy atom. The van der Waals surface area contributed by atoms with Gasteiger partial charge in [0.2, 0.25) is 5.91 Å². The van der Waals surface area contributed by atoms with Crippen LogP contribution in [0.2, 0.25) is 0 Å². The fourth-order valence-corrected chi connectivity index (χ4v) is 2.48. The zero-order valence-electron chi connectivity index (χ0n) is 8.16. The van der Waals surface area contributed by atoms with E-state index in [1.807, 2.05) is 6.92 Å². The molecule has 3 unspecified atom stereocenters. The van der Waals surface area contributed by atoms with Crippen LogP contribution in [0.1, 0.15) is 26.7 Å². The van der Waals surface area contributed by atoms with Crippen molar-refractivity contribution >= 4 is 16.7 Å². The summed E-state index contributed by atoms with van der Waals surface area (Å²) in [6, 6.07) is -0.103. The Balaban J connectivity index is 4.14. The molecule has 0 bridgehead atoms. The normalized spacial score (nSPS) is 17.8. The van der Waals surface area contributed by atoms with Gasteiger partial charge in [0.1, 0.15) is 5.25 Å². The summed E-state index contributed by atoms with van der Waals surface area (Å²) in [7, 11) is -1.22. The maximum absolute atomic E-state index is 11.5. The van der Waals surface area contributed by atoms with Gasteiger partial charge in [0, 0.05) is 22.6 Å². The van der Waals surface area contributed by atoms with Crippen molar-refractivity contribution < 1.29 is 9.00 Å².